The van der Waals surface area contributed by atoms with Crippen LogP contribution in [0.25, 0.3) is 0 Å². The van der Waals surface area contributed by atoms with Gasteiger partial charge in [-0.05, 0) is 34.1 Å². The molecule has 0 aliphatic carbocycles. The van der Waals surface area contributed by atoms with Gasteiger partial charge in [0.1, 0.15) is 6.54 Å². The van der Waals surface area contributed by atoms with Crippen LogP contribution in [-0.2, 0) is 4.79 Å². The largest absolute Gasteiger partial charge is 0.480 e. The highest BCUT2D eigenvalue weighted by atomic mass is 79.9. The van der Waals surface area contributed by atoms with Gasteiger partial charge in [0.05, 0.1) is 5.56 Å². The van der Waals surface area contributed by atoms with Gasteiger partial charge in [-0.2, -0.15) is 0 Å². The van der Waals surface area contributed by atoms with E-state index in [1.54, 1.807) is 42.6 Å². The number of hydrogen-bond acceptors (Lipinski definition) is 3. The summed E-state index contributed by atoms with van der Waals surface area (Å²) in [4.78, 5) is 28.5. The summed E-state index contributed by atoms with van der Waals surface area (Å²) >= 11 is 3.24. The van der Waals surface area contributed by atoms with Crippen molar-refractivity contribution in [3.63, 3.8) is 0 Å². The molecule has 0 unspecified atom stereocenters. The van der Waals surface area contributed by atoms with Gasteiger partial charge >= 0.3 is 5.97 Å². The number of para-hydroxylation sites is 1. The van der Waals surface area contributed by atoms with Gasteiger partial charge in [-0.1, -0.05) is 18.2 Å². The lowest BCUT2D eigenvalue weighted by molar-refractivity contribution is -0.135. The Morgan fingerprint density at radius 1 is 1.20 bits per heavy atom. The van der Waals surface area contributed by atoms with Gasteiger partial charge in [0.2, 0.25) is 0 Å². The van der Waals surface area contributed by atoms with Gasteiger partial charge in [0.15, 0.2) is 0 Å². The van der Waals surface area contributed by atoms with Crippen LogP contribution in [0.4, 0.5) is 5.69 Å². The summed E-state index contributed by atoms with van der Waals surface area (Å²) in [6.45, 7) is -0.407. The monoisotopic (exact) mass is 334 g/mol. The number of hydrogen-bond donors (Lipinski definition) is 1. The SMILES string of the molecule is O=C(O)CN(C(=O)c1cncc(Br)c1)c1ccccc1. The van der Waals surface area contributed by atoms with E-state index in [1.165, 1.54) is 11.1 Å². The van der Waals surface area contributed by atoms with Crippen molar-refractivity contribution in [3.05, 3.63) is 58.8 Å². The summed E-state index contributed by atoms with van der Waals surface area (Å²) in [6, 6.07) is 10.3. The van der Waals surface area contributed by atoms with Crippen molar-refractivity contribution < 1.29 is 14.7 Å². The molecule has 5 nitrogen and oxygen atoms in total. The van der Waals surface area contributed by atoms with Crippen LogP contribution >= 0.6 is 15.9 Å². The highest BCUT2D eigenvalue weighted by molar-refractivity contribution is 9.10. The lowest BCUT2D eigenvalue weighted by Gasteiger charge is -2.20. The molecule has 1 heterocycles. The van der Waals surface area contributed by atoms with Gasteiger partial charge in [0.25, 0.3) is 5.91 Å². The number of pyridine rings is 1. The third-order valence-corrected chi connectivity index (χ3v) is 2.99. The number of benzene rings is 1. The Bertz CT molecular complexity index is 631. The number of aliphatic carboxylic acids is 1. The molecule has 20 heavy (non-hydrogen) atoms. The van der Waals surface area contributed by atoms with Crippen LogP contribution in [-0.4, -0.2) is 28.5 Å². The average molecular weight is 335 g/mol. The first-order valence-corrected chi connectivity index (χ1v) is 6.56. The minimum Gasteiger partial charge on any atom is -0.480 e. The zero-order valence-corrected chi connectivity index (χ0v) is 11.9. The Morgan fingerprint density at radius 2 is 1.90 bits per heavy atom. The van der Waals surface area contributed by atoms with Crippen molar-refractivity contribution in [2.24, 2.45) is 0 Å². The van der Waals surface area contributed by atoms with Gasteiger partial charge in [-0.15, -0.1) is 0 Å². The lowest BCUT2D eigenvalue weighted by atomic mass is 10.2. The number of halogens is 1. The summed E-state index contributed by atoms with van der Waals surface area (Å²) in [5, 5.41) is 8.98. The molecule has 0 aliphatic rings. The maximum absolute atomic E-state index is 12.4. The fraction of sp³-hybridized carbons (Fsp3) is 0.0714. The van der Waals surface area contributed by atoms with E-state index in [9.17, 15) is 9.59 Å². The third-order valence-electron chi connectivity index (χ3n) is 2.56. The van der Waals surface area contributed by atoms with Crippen LogP contribution in [0.2, 0.25) is 0 Å². The van der Waals surface area contributed by atoms with Crippen LogP contribution in [0.1, 0.15) is 10.4 Å². The zero-order valence-electron chi connectivity index (χ0n) is 10.4. The molecule has 6 heteroatoms. The number of nitrogens with zero attached hydrogens (tertiary/aromatic N) is 2. The topological polar surface area (TPSA) is 70.5 Å². The quantitative estimate of drug-likeness (QED) is 0.932. The van der Waals surface area contributed by atoms with E-state index in [-0.39, 0.29) is 0 Å². The van der Waals surface area contributed by atoms with E-state index in [2.05, 4.69) is 20.9 Å². The van der Waals surface area contributed by atoms with E-state index < -0.39 is 18.4 Å². The molecule has 2 aromatic rings. The zero-order chi connectivity index (χ0) is 14.5. The third kappa shape index (κ3) is 3.42. The molecule has 1 aromatic heterocycles. The minimum atomic E-state index is -1.08. The fourth-order valence-corrected chi connectivity index (χ4v) is 2.07. The molecular formula is C14H11BrN2O3. The Hall–Kier alpha value is -2.21. The standard InChI is InChI=1S/C14H11BrN2O3/c15-11-6-10(7-16-8-11)14(20)17(9-13(18)19)12-4-2-1-3-5-12/h1-8H,9H2,(H,18,19). The van der Waals surface area contributed by atoms with Crippen molar-refractivity contribution in [2.75, 3.05) is 11.4 Å². The summed E-state index contributed by atoms with van der Waals surface area (Å²) in [7, 11) is 0. The van der Waals surface area contributed by atoms with Gasteiger partial charge in [0, 0.05) is 22.6 Å². The normalized spacial score (nSPS) is 10.1. The smallest absolute Gasteiger partial charge is 0.323 e. The van der Waals surface area contributed by atoms with Crippen LogP contribution in [0.5, 0.6) is 0 Å². The molecule has 1 N–H and O–H groups in total. The summed E-state index contributed by atoms with van der Waals surface area (Å²) < 4.78 is 0.659. The van der Waals surface area contributed by atoms with E-state index in [0.29, 0.717) is 15.7 Å². The second kappa shape index (κ2) is 6.29. The Labute approximate surface area is 124 Å². The number of carbonyl (C=O) groups excluding carboxylic acids is 1. The second-order valence-electron chi connectivity index (χ2n) is 4.01. The molecule has 102 valence electrons. The van der Waals surface area contributed by atoms with Crippen LogP contribution in [0, 0.1) is 0 Å². The average Bonchev–Trinajstić information content (AvgIpc) is 2.45. The minimum absolute atomic E-state index is 0.324. The summed E-state index contributed by atoms with van der Waals surface area (Å²) in [5.41, 5.74) is 0.851. The van der Waals surface area contributed by atoms with E-state index in [1.807, 2.05) is 0 Å². The number of carboxylic acids is 1. The molecule has 1 amide bonds. The maximum atomic E-state index is 12.4. The molecule has 0 saturated heterocycles. The van der Waals surface area contributed by atoms with Crippen molar-refractivity contribution in [1.29, 1.82) is 0 Å². The predicted molar refractivity (Wildman–Crippen MR) is 77.7 cm³/mol. The Balaban J connectivity index is 2.36. The number of aromatic nitrogens is 1. The van der Waals surface area contributed by atoms with Crippen molar-refractivity contribution >= 4 is 33.5 Å². The lowest BCUT2D eigenvalue weighted by Crippen LogP contribution is -2.35. The molecule has 0 spiro atoms. The number of carbonyl (C=O) groups is 2. The number of carboxylic acid groups (broad SMARTS) is 1. The Kier molecular flexibility index (Phi) is 4.47. The van der Waals surface area contributed by atoms with Crippen molar-refractivity contribution in [3.8, 4) is 0 Å². The molecular weight excluding hydrogens is 324 g/mol. The van der Waals surface area contributed by atoms with Crippen LogP contribution in [0.15, 0.2) is 53.3 Å². The van der Waals surface area contributed by atoms with E-state index in [4.69, 9.17) is 5.11 Å². The first-order chi connectivity index (χ1) is 9.58. The number of rotatable bonds is 4. The molecule has 0 saturated carbocycles. The number of anilines is 1. The predicted octanol–water partition coefficient (Wildman–Crippen LogP) is 2.58. The second-order valence-corrected chi connectivity index (χ2v) is 4.93. The van der Waals surface area contributed by atoms with Crippen molar-refractivity contribution in [1.82, 2.24) is 4.98 Å². The van der Waals surface area contributed by atoms with Crippen LogP contribution < -0.4 is 4.90 Å². The van der Waals surface area contributed by atoms with Gasteiger partial charge < -0.3 is 5.11 Å². The highest BCUT2D eigenvalue weighted by Crippen LogP contribution is 2.18. The molecule has 1 aromatic carbocycles. The van der Waals surface area contributed by atoms with Gasteiger partial charge in [-0.25, -0.2) is 0 Å². The fourth-order valence-electron chi connectivity index (χ4n) is 1.71. The summed E-state index contributed by atoms with van der Waals surface area (Å²) in [5.74, 6) is -1.49. The first-order valence-electron chi connectivity index (χ1n) is 5.77. The molecule has 2 rings (SSSR count). The maximum Gasteiger partial charge on any atom is 0.323 e. The number of amides is 1. The molecule has 0 bridgehead atoms. The van der Waals surface area contributed by atoms with E-state index in [0.717, 1.165) is 0 Å². The van der Waals surface area contributed by atoms with Gasteiger partial charge in [-0.3, -0.25) is 19.5 Å². The Morgan fingerprint density at radius 3 is 2.50 bits per heavy atom. The highest BCUT2D eigenvalue weighted by Gasteiger charge is 2.20. The molecule has 0 fully saturated rings. The van der Waals surface area contributed by atoms with E-state index >= 15 is 0 Å². The van der Waals surface area contributed by atoms with Crippen LogP contribution in [0.3, 0.4) is 0 Å². The molecule has 0 radical (unpaired) electrons. The first kappa shape index (κ1) is 14.2. The van der Waals surface area contributed by atoms with Crippen molar-refractivity contribution in [2.45, 2.75) is 0 Å². The summed E-state index contributed by atoms with van der Waals surface area (Å²) in [6.07, 6.45) is 2.96. The molecule has 0 aliphatic heterocycles. The molecule has 0 atom stereocenters.